The molecule has 0 saturated heterocycles. The van der Waals surface area contributed by atoms with E-state index in [1.54, 1.807) is 6.07 Å². The summed E-state index contributed by atoms with van der Waals surface area (Å²) >= 11 is 0. The summed E-state index contributed by atoms with van der Waals surface area (Å²) in [7, 11) is 0. The van der Waals surface area contributed by atoms with Crippen molar-refractivity contribution in [2.45, 2.75) is 19.3 Å². The summed E-state index contributed by atoms with van der Waals surface area (Å²) in [5.74, 6) is -0.380. The lowest BCUT2D eigenvalue weighted by molar-refractivity contribution is -0.274. The van der Waals surface area contributed by atoms with Crippen LogP contribution >= 0.6 is 0 Å². The van der Waals surface area contributed by atoms with Gasteiger partial charge in [0.15, 0.2) is 0 Å². The first-order valence-corrected chi connectivity index (χ1v) is 9.34. The molecule has 0 saturated carbocycles. The number of rotatable bonds is 7. The maximum absolute atomic E-state index is 12.2. The number of aryl methyl sites for hydroxylation is 1. The highest BCUT2D eigenvalue weighted by Crippen LogP contribution is 2.23. The quantitative estimate of drug-likeness (QED) is 0.553. The van der Waals surface area contributed by atoms with Gasteiger partial charge in [0.1, 0.15) is 5.75 Å². The molecule has 1 heterocycles. The molecule has 3 rings (SSSR count). The zero-order valence-electron chi connectivity index (χ0n) is 16.2. The molecule has 0 unspecified atom stereocenters. The Bertz CT molecular complexity index is 1070. The Kier molecular flexibility index (Phi) is 6.91. The van der Waals surface area contributed by atoms with Crippen molar-refractivity contribution in [3.8, 4) is 17.0 Å². The van der Waals surface area contributed by atoms with Crippen molar-refractivity contribution in [3.63, 3.8) is 0 Å². The van der Waals surface area contributed by atoms with Gasteiger partial charge in [-0.1, -0.05) is 30.3 Å². The van der Waals surface area contributed by atoms with E-state index < -0.39 is 12.4 Å². The summed E-state index contributed by atoms with van der Waals surface area (Å²) in [5.41, 5.74) is 1.62. The average Bonchev–Trinajstić information content (AvgIpc) is 2.73. The molecule has 0 spiro atoms. The van der Waals surface area contributed by atoms with E-state index in [0.29, 0.717) is 24.3 Å². The van der Waals surface area contributed by atoms with Gasteiger partial charge < -0.3 is 15.4 Å². The number of nitrogens with one attached hydrogen (secondary N) is 2. The number of hydrogen-bond donors (Lipinski definition) is 2. The number of amides is 2. The molecule has 0 atom stereocenters. The number of urea groups is 1. The number of hydrogen-bond acceptors (Lipinski definition) is 4. The molecule has 0 aliphatic heterocycles. The Morgan fingerprint density at radius 2 is 1.71 bits per heavy atom. The Morgan fingerprint density at radius 1 is 1.00 bits per heavy atom. The molecule has 0 aliphatic rings. The fourth-order valence-corrected chi connectivity index (χ4v) is 2.72. The lowest BCUT2D eigenvalue weighted by Gasteiger charge is -2.11. The van der Waals surface area contributed by atoms with Crippen LogP contribution in [-0.2, 0) is 6.54 Å². The highest BCUT2D eigenvalue weighted by Gasteiger charge is 2.30. The van der Waals surface area contributed by atoms with Crippen LogP contribution in [0.2, 0.25) is 0 Å². The van der Waals surface area contributed by atoms with E-state index in [0.717, 1.165) is 17.7 Å². The third-order valence-corrected chi connectivity index (χ3v) is 4.11. The average molecular weight is 432 g/mol. The monoisotopic (exact) mass is 432 g/mol. The second kappa shape index (κ2) is 9.79. The van der Waals surface area contributed by atoms with E-state index in [-0.39, 0.29) is 17.9 Å². The van der Waals surface area contributed by atoms with Gasteiger partial charge in [-0.05, 0) is 36.8 Å². The number of carbonyl (C=O) groups is 1. The van der Waals surface area contributed by atoms with Gasteiger partial charge in [0.25, 0.3) is 5.56 Å². The van der Waals surface area contributed by atoms with Gasteiger partial charge in [0.05, 0.1) is 5.69 Å². The minimum absolute atomic E-state index is 0.245. The van der Waals surface area contributed by atoms with E-state index in [9.17, 15) is 22.8 Å². The minimum atomic E-state index is -4.77. The third kappa shape index (κ3) is 6.88. The van der Waals surface area contributed by atoms with Crippen LogP contribution in [-0.4, -0.2) is 28.7 Å². The van der Waals surface area contributed by atoms with Gasteiger partial charge in [-0.2, -0.15) is 5.10 Å². The topological polar surface area (TPSA) is 85.2 Å². The first-order valence-electron chi connectivity index (χ1n) is 9.34. The van der Waals surface area contributed by atoms with Crippen LogP contribution in [0.15, 0.2) is 71.5 Å². The number of alkyl halides is 3. The number of ether oxygens (including phenoxy) is 1. The standard InChI is InChI=1S/C21H19F3N4O3/c22-21(23,24)31-17-9-7-16(8-10-17)26-20(30)25-13-4-14-28-19(29)12-11-18(27-28)15-5-2-1-3-6-15/h1-3,5-12H,4,13-14H2,(H2,25,26,30). The molecule has 2 aromatic carbocycles. The Morgan fingerprint density at radius 3 is 2.39 bits per heavy atom. The molecule has 7 nitrogen and oxygen atoms in total. The van der Waals surface area contributed by atoms with Gasteiger partial charge in [0.2, 0.25) is 0 Å². The molecule has 31 heavy (non-hydrogen) atoms. The van der Waals surface area contributed by atoms with Gasteiger partial charge in [-0.3, -0.25) is 4.79 Å². The summed E-state index contributed by atoms with van der Waals surface area (Å²) < 4.78 is 41.6. The number of nitrogens with zero attached hydrogens (tertiary/aromatic N) is 2. The first kappa shape index (κ1) is 21.9. The smallest absolute Gasteiger partial charge is 0.406 e. The highest BCUT2D eigenvalue weighted by atomic mass is 19.4. The molecule has 0 aliphatic carbocycles. The lowest BCUT2D eigenvalue weighted by Crippen LogP contribution is -2.31. The Balaban J connectivity index is 1.46. The molecule has 2 N–H and O–H groups in total. The van der Waals surface area contributed by atoms with Crippen LogP contribution in [0.4, 0.5) is 23.7 Å². The first-order chi connectivity index (χ1) is 14.8. The van der Waals surface area contributed by atoms with E-state index in [1.165, 1.54) is 22.9 Å². The second-order valence-corrected chi connectivity index (χ2v) is 6.45. The van der Waals surface area contributed by atoms with Crippen LogP contribution in [0.25, 0.3) is 11.3 Å². The highest BCUT2D eigenvalue weighted by molar-refractivity contribution is 5.89. The second-order valence-electron chi connectivity index (χ2n) is 6.45. The maximum Gasteiger partial charge on any atom is 0.573 e. The summed E-state index contributed by atoms with van der Waals surface area (Å²) in [5, 5.41) is 9.46. The third-order valence-electron chi connectivity index (χ3n) is 4.11. The van der Waals surface area contributed by atoms with Gasteiger partial charge in [-0.15, -0.1) is 13.2 Å². The molecule has 0 bridgehead atoms. The largest absolute Gasteiger partial charge is 0.573 e. The summed E-state index contributed by atoms with van der Waals surface area (Å²) in [6.07, 6.45) is -4.32. The SMILES string of the molecule is O=C(NCCCn1nc(-c2ccccc2)ccc1=O)Nc1ccc(OC(F)(F)F)cc1. The van der Waals surface area contributed by atoms with E-state index in [1.807, 2.05) is 30.3 Å². The van der Waals surface area contributed by atoms with Crippen LogP contribution in [0.3, 0.4) is 0 Å². The Hall–Kier alpha value is -3.82. The lowest BCUT2D eigenvalue weighted by atomic mass is 10.1. The zero-order valence-corrected chi connectivity index (χ0v) is 16.2. The van der Waals surface area contributed by atoms with E-state index >= 15 is 0 Å². The van der Waals surface area contributed by atoms with E-state index in [2.05, 4.69) is 20.5 Å². The van der Waals surface area contributed by atoms with Gasteiger partial charge in [-0.25, -0.2) is 9.48 Å². The van der Waals surface area contributed by atoms with Crippen LogP contribution in [0.1, 0.15) is 6.42 Å². The molecule has 0 fully saturated rings. The van der Waals surface area contributed by atoms with Crippen molar-refractivity contribution >= 4 is 11.7 Å². The van der Waals surface area contributed by atoms with Crippen LogP contribution in [0, 0.1) is 0 Å². The van der Waals surface area contributed by atoms with E-state index in [4.69, 9.17) is 0 Å². The summed E-state index contributed by atoms with van der Waals surface area (Å²) in [6, 6.07) is 16.8. The van der Waals surface area contributed by atoms with Gasteiger partial charge >= 0.3 is 12.4 Å². The summed E-state index contributed by atoms with van der Waals surface area (Å²) in [6.45, 7) is 0.577. The van der Waals surface area contributed by atoms with Crippen LogP contribution < -0.4 is 20.9 Å². The zero-order chi connectivity index (χ0) is 22.3. The van der Waals surface area contributed by atoms with Crippen molar-refractivity contribution in [2.24, 2.45) is 0 Å². The van der Waals surface area contributed by atoms with Crippen molar-refractivity contribution in [2.75, 3.05) is 11.9 Å². The molecule has 10 heteroatoms. The van der Waals surface area contributed by atoms with Crippen molar-refractivity contribution in [1.29, 1.82) is 0 Å². The molecule has 3 aromatic rings. The predicted octanol–water partition coefficient (Wildman–Crippen LogP) is 4.02. The summed E-state index contributed by atoms with van der Waals surface area (Å²) in [4.78, 5) is 23.9. The fourth-order valence-electron chi connectivity index (χ4n) is 2.72. The predicted molar refractivity (Wildman–Crippen MR) is 109 cm³/mol. The van der Waals surface area contributed by atoms with Crippen molar-refractivity contribution in [3.05, 3.63) is 77.1 Å². The molecule has 1 aromatic heterocycles. The van der Waals surface area contributed by atoms with Crippen molar-refractivity contribution in [1.82, 2.24) is 15.1 Å². The normalized spacial score (nSPS) is 11.1. The van der Waals surface area contributed by atoms with Gasteiger partial charge in [0, 0.05) is 30.4 Å². The van der Waals surface area contributed by atoms with Crippen LogP contribution in [0.5, 0.6) is 5.75 Å². The maximum atomic E-state index is 12.2. The van der Waals surface area contributed by atoms with Crippen molar-refractivity contribution < 1.29 is 22.7 Å². The number of anilines is 1. The minimum Gasteiger partial charge on any atom is -0.406 e. The molecule has 162 valence electrons. The molecular weight excluding hydrogens is 413 g/mol. The number of benzene rings is 2. The molecule has 0 radical (unpaired) electrons. The number of carbonyl (C=O) groups excluding carboxylic acids is 1. The number of aromatic nitrogens is 2. The number of halogens is 3. The molecular formula is C21H19F3N4O3. The Labute approximate surface area is 175 Å². The molecule has 2 amide bonds. The fraction of sp³-hybridized carbons (Fsp3) is 0.190.